The second-order valence-electron chi connectivity index (χ2n) is 6.10. The van der Waals surface area contributed by atoms with Crippen LogP contribution in [0.2, 0.25) is 0 Å². The van der Waals surface area contributed by atoms with E-state index in [0.29, 0.717) is 6.54 Å². The lowest BCUT2D eigenvalue weighted by molar-refractivity contribution is -0.385. The summed E-state index contributed by atoms with van der Waals surface area (Å²) in [7, 11) is 0. The van der Waals surface area contributed by atoms with Crippen LogP contribution in [-0.4, -0.2) is 16.4 Å². The van der Waals surface area contributed by atoms with Gasteiger partial charge in [-0.15, -0.1) is 0 Å². The Bertz CT molecular complexity index is 944. The van der Waals surface area contributed by atoms with Crippen LogP contribution in [0.1, 0.15) is 11.6 Å². The first kappa shape index (κ1) is 18.8. The molecule has 0 radical (unpaired) electrons. The number of benzene rings is 3. The molecule has 28 heavy (non-hydrogen) atoms. The van der Waals surface area contributed by atoms with Crippen LogP contribution < -0.4 is 10.6 Å². The average molecular weight is 378 g/mol. The maximum atomic E-state index is 10.8. The molecule has 3 rings (SSSR count). The van der Waals surface area contributed by atoms with Crippen LogP contribution in [0.5, 0.6) is 0 Å². The minimum absolute atomic E-state index is 0.0332. The van der Waals surface area contributed by atoms with Crippen molar-refractivity contribution < 1.29 is 9.85 Å². The smallest absolute Gasteiger partial charge is 0.269 e. The van der Waals surface area contributed by atoms with Crippen molar-refractivity contribution in [1.29, 1.82) is 0 Å². The largest absolute Gasteiger partial charge is 0.383 e. The number of nitro benzene ring substituents is 2. The summed E-state index contributed by atoms with van der Waals surface area (Å²) in [6.45, 7) is 0.513. The number of anilines is 2. The van der Waals surface area contributed by atoms with E-state index in [1.165, 1.54) is 24.3 Å². The lowest BCUT2D eigenvalue weighted by Crippen LogP contribution is -2.20. The van der Waals surface area contributed by atoms with E-state index in [2.05, 4.69) is 10.6 Å². The quantitative estimate of drug-likeness (QED) is 0.431. The molecule has 0 heterocycles. The molecule has 0 fully saturated rings. The lowest BCUT2D eigenvalue weighted by atomic mass is 10.1. The van der Waals surface area contributed by atoms with E-state index in [1.54, 1.807) is 24.3 Å². The molecule has 0 aliphatic rings. The topological polar surface area (TPSA) is 110 Å². The van der Waals surface area contributed by atoms with E-state index < -0.39 is 9.85 Å². The molecule has 0 spiro atoms. The van der Waals surface area contributed by atoms with Crippen LogP contribution in [0.25, 0.3) is 0 Å². The summed E-state index contributed by atoms with van der Waals surface area (Å²) in [5.41, 5.74) is 2.62. The highest BCUT2D eigenvalue weighted by Gasteiger charge is 2.13. The van der Waals surface area contributed by atoms with Gasteiger partial charge in [0.15, 0.2) is 0 Å². The van der Waals surface area contributed by atoms with Gasteiger partial charge >= 0.3 is 0 Å². The Kier molecular flexibility index (Phi) is 5.81. The number of rotatable bonds is 8. The molecule has 0 saturated carbocycles. The fourth-order valence-electron chi connectivity index (χ4n) is 2.74. The van der Waals surface area contributed by atoms with Crippen molar-refractivity contribution in [2.75, 3.05) is 17.2 Å². The molecule has 0 aliphatic heterocycles. The lowest BCUT2D eigenvalue weighted by Gasteiger charge is -2.21. The second kappa shape index (κ2) is 8.63. The molecule has 0 bridgehead atoms. The highest BCUT2D eigenvalue weighted by molar-refractivity contribution is 5.52. The van der Waals surface area contributed by atoms with E-state index in [-0.39, 0.29) is 17.4 Å². The van der Waals surface area contributed by atoms with Crippen molar-refractivity contribution >= 4 is 22.7 Å². The molecule has 8 nitrogen and oxygen atoms in total. The molecular weight excluding hydrogens is 360 g/mol. The summed E-state index contributed by atoms with van der Waals surface area (Å²) < 4.78 is 0. The number of nitrogens with zero attached hydrogens (tertiary/aromatic N) is 2. The number of nitrogens with one attached hydrogen (secondary N) is 2. The summed E-state index contributed by atoms with van der Waals surface area (Å²) >= 11 is 0. The first-order valence-corrected chi connectivity index (χ1v) is 8.57. The SMILES string of the molecule is O=[N+]([O-])c1ccc(NC[C@H](Nc2ccc([N+](=O)[O-])cc2)c2ccccc2)cc1. The van der Waals surface area contributed by atoms with Crippen molar-refractivity contribution in [1.82, 2.24) is 0 Å². The van der Waals surface area contributed by atoms with Crippen LogP contribution in [0.4, 0.5) is 22.7 Å². The minimum Gasteiger partial charge on any atom is -0.383 e. The first-order valence-electron chi connectivity index (χ1n) is 8.57. The second-order valence-corrected chi connectivity index (χ2v) is 6.10. The monoisotopic (exact) mass is 378 g/mol. The molecule has 8 heteroatoms. The summed E-state index contributed by atoms with van der Waals surface area (Å²) in [4.78, 5) is 20.7. The molecule has 3 aromatic carbocycles. The van der Waals surface area contributed by atoms with Gasteiger partial charge in [0.2, 0.25) is 0 Å². The minimum atomic E-state index is -0.438. The molecule has 1 atom stereocenters. The van der Waals surface area contributed by atoms with Gasteiger partial charge in [-0.3, -0.25) is 20.2 Å². The molecule has 2 N–H and O–H groups in total. The van der Waals surface area contributed by atoms with E-state index in [0.717, 1.165) is 16.9 Å². The standard InChI is InChI=1S/C20H18N4O4/c25-23(26)18-10-6-16(7-11-18)21-14-20(15-4-2-1-3-5-15)22-17-8-12-19(13-9-17)24(27)28/h1-13,20-22H,14H2/t20-/m0/s1. The Morgan fingerprint density at radius 3 is 1.71 bits per heavy atom. The third-order valence-electron chi connectivity index (χ3n) is 4.21. The maximum Gasteiger partial charge on any atom is 0.269 e. The number of hydrogen-bond acceptors (Lipinski definition) is 6. The van der Waals surface area contributed by atoms with Gasteiger partial charge in [0, 0.05) is 42.2 Å². The first-order chi connectivity index (χ1) is 13.5. The molecule has 142 valence electrons. The highest BCUT2D eigenvalue weighted by Crippen LogP contribution is 2.23. The Balaban J connectivity index is 1.74. The summed E-state index contributed by atoms with van der Waals surface area (Å²) in [5.74, 6) is 0. The van der Waals surface area contributed by atoms with Gasteiger partial charge in [-0.25, -0.2) is 0 Å². The number of non-ortho nitro benzene ring substituents is 2. The zero-order valence-electron chi connectivity index (χ0n) is 14.8. The van der Waals surface area contributed by atoms with Crippen molar-refractivity contribution in [2.24, 2.45) is 0 Å². The predicted octanol–water partition coefficient (Wildman–Crippen LogP) is 4.77. The van der Waals surface area contributed by atoms with Crippen molar-refractivity contribution in [2.45, 2.75) is 6.04 Å². The molecule has 0 aliphatic carbocycles. The Morgan fingerprint density at radius 1 is 0.714 bits per heavy atom. The van der Waals surface area contributed by atoms with Crippen LogP contribution in [0, 0.1) is 20.2 Å². The number of nitro groups is 2. The van der Waals surface area contributed by atoms with Crippen LogP contribution >= 0.6 is 0 Å². The van der Waals surface area contributed by atoms with Crippen LogP contribution in [-0.2, 0) is 0 Å². The van der Waals surface area contributed by atoms with Gasteiger partial charge in [0.05, 0.1) is 15.9 Å². The Labute approximate surface area is 161 Å². The third-order valence-corrected chi connectivity index (χ3v) is 4.21. The summed E-state index contributed by atoms with van der Waals surface area (Å²) in [6, 6.07) is 22.1. The summed E-state index contributed by atoms with van der Waals surface area (Å²) in [5, 5.41) is 28.2. The van der Waals surface area contributed by atoms with Crippen LogP contribution in [0.3, 0.4) is 0 Å². The molecular formula is C20H18N4O4. The highest BCUT2D eigenvalue weighted by atomic mass is 16.6. The van der Waals surface area contributed by atoms with E-state index in [1.807, 2.05) is 30.3 Å². The van der Waals surface area contributed by atoms with Gasteiger partial charge in [0.1, 0.15) is 0 Å². The maximum absolute atomic E-state index is 10.8. The fraction of sp³-hybridized carbons (Fsp3) is 0.100. The normalized spacial score (nSPS) is 11.4. The van der Waals surface area contributed by atoms with Gasteiger partial charge in [-0.1, -0.05) is 30.3 Å². The van der Waals surface area contributed by atoms with Crippen molar-refractivity contribution in [3.63, 3.8) is 0 Å². The zero-order chi connectivity index (χ0) is 19.9. The fourth-order valence-corrected chi connectivity index (χ4v) is 2.74. The van der Waals surface area contributed by atoms with Gasteiger partial charge in [-0.2, -0.15) is 0 Å². The average Bonchev–Trinajstić information content (AvgIpc) is 2.72. The predicted molar refractivity (Wildman–Crippen MR) is 107 cm³/mol. The van der Waals surface area contributed by atoms with Gasteiger partial charge in [0.25, 0.3) is 11.4 Å². The molecule has 3 aromatic rings. The third kappa shape index (κ3) is 4.82. The molecule has 0 amide bonds. The molecule has 0 unspecified atom stereocenters. The van der Waals surface area contributed by atoms with E-state index in [9.17, 15) is 20.2 Å². The zero-order valence-corrected chi connectivity index (χ0v) is 14.8. The van der Waals surface area contributed by atoms with Crippen LogP contribution in [0.15, 0.2) is 78.9 Å². The van der Waals surface area contributed by atoms with Crippen molar-refractivity contribution in [3.05, 3.63) is 105 Å². The van der Waals surface area contributed by atoms with Gasteiger partial charge < -0.3 is 10.6 Å². The van der Waals surface area contributed by atoms with Crippen molar-refractivity contribution in [3.8, 4) is 0 Å². The molecule has 0 saturated heterocycles. The Morgan fingerprint density at radius 2 is 1.21 bits per heavy atom. The van der Waals surface area contributed by atoms with E-state index >= 15 is 0 Å². The summed E-state index contributed by atoms with van der Waals surface area (Å²) in [6.07, 6.45) is 0. The Hall–Kier alpha value is -3.94. The van der Waals surface area contributed by atoms with E-state index in [4.69, 9.17) is 0 Å². The van der Waals surface area contributed by atoms with Gasteiger partial charge in [-0.05, 0) is 29.8 Å². The molecule has 0 aromatic heterocycles. The number of hydrogen-bond donors (Lipinski definition) is 2.